The molecule has 2 unspecified atom stereocenters. The number of benzene rings is 1. The molecule has 0 spiro atoms. The van der Waals surface area contributed by atoms with Crippen molar-refractivity contribution < 1.29 is 14.2 Å². The molecular weight excluding hydrogens is 452 g/mol. The summed E-state index contributed by atoms with van der Waals surface area (Å²) in [5.74, 6) is 1.11. The second kappa shape index (κ2) is 10.2. The minimum absolute atomic E-state index is 0.00648. The molecule has 188 valence electrons. The van der Waals surface area contributed by atoms with Gasteiger partial charge >= 0.3 is 0 Å². The summed E-state index contributed by atoms with van der Waals surface area (Å²) >= 11 is 0. The molecule has 36 heavy (non-hydrogen) atoms. The maximum Gasteiger partial charge on any atom is 0.229 e. The molecule has 0 radical (unpaired) electrons. The number of fused-ring (bicyclic) bond motifs is 4. The molecular formula is C29H34N4O3. The van der Waals surface area contributed by atoms with Crippen molar-refractivity contribution in [1.29, 1.82) is 0 Å². The van der Waals surface area contributed by atoms with E-state index >= 15 is 0 Å². The van der Waals surface area contributed by atoms with E-state index in [4.69, 9.17) is 24.2 Å². The lowest BCUT2D eigenvalue weighted by molar-refractivity contribution is 0.0364. The number of morpholine rings is 1. The Morgan fingerprint density at radius 3 is 2.75 bits per heavy atom. The van der Waals surface area contributed by atoms with Crippen LogP contribution in [0.1, 0.15) is 24.0 Å². The first-order chi connectivity index (χ1) is 17.7. The molecule has 2 fully saturated rings. The van der Waals surface area contributed by atoms with Gasteiger partial charge in [-0.1, -0.05) is 36.4 Å². The number of aliphatic imine (C=N–C) groups is 2. The van der Waals surface area contributed by atoms with Crippen LogP contribution in [0.2, 0.25) is 0 Å². The van der Waals surface area contributed by atoms with Crippen molar-refractivity contribution in [3.63, 3.8) is 0 Å². The van der Waals surface area contributed by atoms with Gasteiger partial charge in [-0.25, -0.2) is 9.98 Å². The molecule has 5 aliphatic rings. The third-order valence-electron chi connectivity index (χ3n) is 7.72. The van der Waals surface area contributed by atoms with E-state index in [0.29, 0.717) is 32.3 Å². The van der Waals surface area contributed by atoms with Crippen molar-refractivity contribution in [2.75, 3.05) is 53.2 Å². The Hall–Kier alpha value is -3.00. The third-order valence-corrected chi connectivity index (χ3v) is 7.72. The second-order valence-corrected chi connectivity index (χ2v) is 9.99. The Labute approximate surface area is 213 Å². The Morgan fingerprint density at radius 2 is 1.86 bits per heavy atom. The van der Waals surface area contributed by atoms with E-state index in [1.807, 2.05) is 6.20 Å². The predicted octanol–water partition coefficient (Wildman–Crippen LogP) is 3.90. The number of ether oxygens (including phenoxy) is 3. The fourth-order valence-electron chi connectivity index (χ4n) is 5.70. The molecule has 6 rings (SSSR count). The smallest absolute Gasteiger partial charge is 0.229 e. The van der Waals surface area contributed by atoms with Gasteiger partial charge in [-0.15, -0.1) is 0 Å². The Kier molecular flexibility index (Phi) is 6.61. The van der Waals surface area contributed by atoms with Crippen LogP contribution in [0.5, 0.6) is 0 Å². The van der Waals surface area contributed by atoms with Crippen molar-refractivity contribution >= 4 is 11.7 Å². The zero-order valence-electron chi connectivity index (χ0n) is 20.9. The SMILES string of the molecule is CN1C2=CC=C(N3CCOCC3)C3(COC/C=C/COCc4cccc(c4)C4=NC1=NC=CC4)CC23. The lowest BCUT2D eigenvalue weighted by Gasteiger charge is -2.38. The summed E-state index contributed by atoms with van der Waals surface area (Å²) in [6.07, 6.45) is 14.5. The molecule has 7 heteroatoms. The summed E-state index contributed by atoms with van der Waals surface area (Å²) in [4.78, 5) is 14.4. The highest BCUT2D eigenvalue weighted by atomic mass is 16.5. The predicted molar refractivity (Wildman–Crippen MR) is 141 cm³/mol. The molecule has 1 aromatic carbocycles. The van der Waals surface area contributed by atoms with Gasteiger partial charge < -0.3 is 24.0 Å². The van der Waals surface area contributed by atoms with E-state index in [0.717, 1.165) is 61.9 Å². The molecule has 2 atom stereocenters. The second-order valence-electron chi connectivity index (χ2n) is 9.99. The van der Waals surface area contributed by atoms with Crippen molar-refractivity contribution in [3.8, 4) is 0 Å². The molecule has 3 aliphatic heterocycles. The monoisotopic (exact) mass is 486 g/mol. The molecule has 1 saturated carbocycles. The van der Waals surface area contributed by atoms with Crippen LogP contribution in [-0.4, -0.2) is 74.6 Å². The van der Waals surface area contributed by atoms with Gasteiger partial charge in [-0.05, 0) is 35.8 Å². The topological polar surface area (TPSA) is 58.9 Å². The normalized spacial score (nSPS) is 29.4. The highest BCUT2D eigenvalue weighted by Crippen LogP contribution is 2.64. The van der Waals surface area contributed by atoms with Crippen molar-refractivity contribution in [2.24, 2.45) is 21.3 Å². The van der Waals surface area contributed by atoms with Crippen LogP contribution >= 0.6 is 0 Å². The molecule has 1 aromatic rings. The lowest BCUT2D eigenvalue weighted by atomic mass is 9.92. The molecule has 1 saturated heterocycles. The van der Waals surface area contributed by atoms with E-state index in [9.17, 15) is 0 Å². The van der Waals surface area contributed by atoms with Gasteiger partial charge in [0.1, 0.15) is 0 Å². The maximum atomic E-state index is 6.25. The van der Waals surface area contributed by atoms with Crippen LogP contribution in [0.15, 0.2) is 82.2 Å². The van der Waals surface area contributed by atoms with Gasteiger partial charge in [0.2, 0.25) is 5.96 Å². The van der Waals surface area contributed by atoms with Gasteiger partial charge in [-0.3, -0.25) is 0 Å². The number of hydrogen-bond donors (Lipinski definition) is 0. The summed E-state index contributed by atoms with van der Waals surface area (Å²) in [5.41, 5.74) is 5.91. The molecule has 6 bridgehead atoms. The van der Waals surface area contributed by atoms with Crippen molar-refractivity contribution in [3.05, 3.63) is 83.4 Å². The van der Waals surface area contributed by atoms with E-state index in [-0.39, 0.29) is 5.41 Å². The van der Waals surface area contributed by atoms with Gasteiger partial charge in [-0.2, -0.15) is 0 Å². The Bertz CT molecular complexity index is 1170. The highest BCUT2D eigenvalue weighted by molar-refractivity contribution is 6.08. The fourth-order valence-corrected chi connectivity index (χ4v) is 5.70. The summed E-state index contributed by atoms with van der Waals surface area (Å²) < 4.78 is 17.8. The highest BCUT2D eigenvalue weighted by Gasteiger charge is 2.61. The third kappa shape index (κ3) is 4.59. The standard InChI is InChI=1S/C29H34N4O3/c1-32-26-9-10-27(33-12-16-34-17-13-33)29(19-24(26)29)21-36-15-3-2-14-35-20-22-6-4-7-23(18-22)25-8-5-11-30-28(32)31-25/h2-7,9-11,18,24H,8,12-17,19-21H2,1H3/b3-2+. The fraction of sp³-hybridized carbons (Fsp3) is 0.448. The van der Waals surface area contributed by atoms with Crippen LogP contribution in [0.3, 0.4) is 0 Å². The molecule has 0 aromatic heterocycles. The quantitative estimate of drug-likeness (QED) is 0.564. The van der Waals surface area contributed by atoms with Crippen LogP contribution in [-0.2, 0) is 20.8 Å². The Morgan fingerprint density at radius 1 is 1.00 bits per heavy atom. The van der Waals surface area contributed by atoms with E-state index in [2.05, 4.69) is 71.5 Å². The first-order valence-corrected chi connectivity index (χ1v) is 12.9. The van der Waals surface area contributed by atoms with Crippen molar-refractivity contribution in [1.82, 2.24) is 9.80 Å². The molecule has 2 aliphatic carbocycles. The average Bonchev–Trinajstić information content (AvgIpc) is 3.69. The van der Waals surface area contributed by atoms with Crippen LogP contribution in [0.4, 0.5) is 0 Å². The number of rotatable bonds is 1. The van der Waals surface area contributed by atoms with Gasteiger partial charge in [0, 0.05) is 55.5 Å². The van der Waals surface area contributed by atoms with Crippen LogP contribution in [0.25, 0.3) is 0 Å². The summed E-state index contributed by atoms with van der Waals surface area (Å²) in [7, 11) is 2.09. The van der Waals surface area contributed by atoms with E-state index in [1.54, 1.807) is 0 Å². The van der Waals surface area contributed by atoms with Gasteiger partial charge in [0.15, 0.2) is 0 Å². The first-order valence-electron chi connectivity index (χ1n) is 12.9. The Balaban J connectivity index is 1.36. The van der Waals surface area contributed by atoms with Gasteiger partial charge in [0.05, 0.1) is 45.4 Å². The van der Waals surface area contributed by atoms with E-state index in [1.165, 1.54) is 11.4 Å². The summed E-state index contributed by atoms with van der Waals surface area (Å²) in [6, 6.07) is 8.47. The maximum absolute atomic E-state index is 6.25. The summed E-state index contributed by atoms with van der Waals surface area (Å²) in [5, 5.41) is 0. The minimum atomic E-state index is -0.00648. The summed E-state index contributed by atoms with van der Waals surface area (Å²) in [6.45, 7) is 5.83. The van der Waals surface area contributed by atoms with E-state index < -0.39 is 0 Å². The van der Waals surface area contributed by atoms with Gasteiger partial charge in [0.25, 0.3) is 0 Å². The minimum Gasteiger partial charge on any atom is -0.378 e. The zero-order chi connectivity index (χ0) is 24.4. The number of guanidine groups is 1. The number of allylic oxidation sites excluding steroid dienone is 4. The molecule has 3 heterocycles. The lowest BCUT2D eigenvalue weighted by Crippen LogP contribution is -2.41. The average molecular weight is 487 g/mol. The van der Waals surface area contributed by atoms with Crippen molar-refractivity contribution in [2.45, 2.75) is 19.4 Å². The van der Waals surface area contributed by atoms with Crippen LogP contribution in [0, 0.1) is 11.3 Å². The molecule has 0 amide bonds. The number of nitrogens with zero attached hydrogens (tertiary/aromatic N) is 4. The zero-order valence-corrected chi connectivity index (χ0v) is 20.9. The molecule has 7 nitrogen and oxygen atoms in total. The van der Waals surface area contributed by atoms with Crippen LogP contribution < -0.4 is 0 Å². The largest absolute Gasteiger partial charge is 0.378 e. The first kappa shape index (κ1) is 23.4. The number of hydrogen-bond acceptors (Lipinski definition) is 7. The molecule has 0 N–H and O–H groups in total.